The number of nitrogens with one attached hydrogen (secondary N) is 1. The topological polar surface area (TPSA) is 574 Å². The van der Waals surface area contributed by atoms with Gasteiger partial charge in [0.15, 0.2) is 37.7 Å². The molecule has 6 heterocycles. The summed E-state index contributed by atoms with van der Waals surface area (Å²) < 4.78 is 77.1. The van der Waals surface area contributed by atoms with Gasteiger partial charge in [-0.2, -0.15) is 12.6 Å². The lowest BCUT2D eigenvalue weighted by atomic mass is 9.81. The molecule has 1 amide bonds. The highest BCUT2D eigenvalue weighted by molar-refractivity contribution is 7.80. The third-order valence-corrected chi connectivity index (χ3v) is 16.3. The largest absolute Gasteiger partial charge is 0.396 e. The van der Waals surface area contributed by atoms with E-state index in [1.165, 1.54) is 0 Å². The molecular weight excluding hydrogens is 1180 g/mol. The maximum absolute atomic E-state index is 12.9. The van der Waals surface area contributed by atoms with Crippen molar-refractivity contribution in [1.29, 1.82) is 0 Å². The molecule has 7 fully saturated rings. The van der Waals surface area contributed by atoms with E-state index in [1.54, 1.807) is 0 Å². The second kappa shape index (κ2) is 31.7. The molecule has 22 N–H and O–H groups in total. The Bertz CT molecular complexity index is 2010. The van der Waals surface area contributed by atoms with E-state index in [1.807, 2.05) is 0 Å². The van der Waals surface area contributed by atoms with Crippen LogP contribution in [0.25, 0.3) is 0 Å². The summed E-state index contributed by atoms with van der Waals surface area (Å²) in [5.74, 6) is -1.65. The fourth-order valence-corrected chi connectivity index (χ4v) is 11.3. The molecule has 14 unspecified atom stereocenters. The molecule has 0 aromatic heterocycles. The van der Waals surface area contributed by atoms with Crippen molar-refractivity contribution in [3.63, 3.8) is 0 Å². The number of carbonyl (C=O) groups excluding carboxylic acids is 1. The lowest BCUT2D eigenvalue weighted by molar-refractivity contribution is -0.403. The Hall–Kier alpha value is -1.54. The van der Waals surface area contributed by atoms with Crippen molar-refractivity contribution in [3.05, 3.63) is 0 Å². The minimum atomic E-state index is -2.26. The molecule has 0 aromatic carbocycles. The maximum Gasteiger partial charge on any atom is 0.217 e. The van der Waals surface area contributed by atoms with E-state index >= 15 is 0 Å². The molecule has 0 radical (unpaired) electrons. The molecule has 1 saturated carbocycles. The summed E-state index contributed by atoms with van der Waals surface area (Å²) in [6.45, 7) is -5.68. The molecule has 0 bridgehead atoms. The SMILES string of the molecule is CC(=O)NC1[C@H](OC2[C@H](O[C@@H]3C(CO[C@@H]4OC(CO)[C@@H](O)[C@H](O)C4O)O[C@H](OCCCS)C(O)[C@H]3O[C@@H]3OC(CO)[C@@H](O)[C@H](O)C3O)OC(CO)[C@@H](O)[C@@H]2O)OC(CO)[C@@H](O[C@@H]2OC(CO)[C@H](O[C@H]3CC(CO)[C@H](O)[C@H](O)C3O)[C@H](O)C2O)[C@@H]1O. The Morgan fingerprint density at radius 1 is 0.400 bits per heavy atom. The summed E-state index contributed by atoms with van der Waals surface area (Å²) in [5.41, 5.74) is 0. The van der Waals surface area contributed by atoms with E-state index in [2.05, 4.69) is 17.9 Å². The molecular formula is C48H83NO35S. The average Bonchev–Trinajstić information content (AvgIpc) is 1.56. The quantitative estimate of drug-likeness (QED) is 0.0315. The van der Waals surface area contributed by atoms with Crippen LogP contribution in [-0.2, 0) is 66.4 Å². The molecule has 496 valence electrons. The predicted octanol–water partition coefficient (Wildman–Crippen LogP) is -14.1. The van der Waals surface area contributed by atoms with Crippen LogP contribution in [0.1, 0.15) is 19.8 Å². The molecule has 7 aliphatic rings. The number of thiol groups is 1. The molecule has 0 aromatic rings. The first-order chi connectivity index (χ1) is 40.4. The summed E-state index contributed by atoms with van der Waals surface area (Å²) >= 11 is 4.17. The Kier molecular flexibility index (Phi) is 26.4. The molecule has 35 atom stereocenters. The third kappa shape index (κ3) is 15.7. The summed E-state index contributed by atoms with van der Waals surface area (Å²) in [4.78, 5) is 12.9. The van der Waals surface area contributed by atoms with Gasteiger partial charge in [0.25, 0.3) is 0 Å². The van der Waals surface area contributed by atoms with E-state index in [4.69, 9.17) is 61.6 Å². The maximum atomic E-state index is 12.9. The fraction of sp³-hybridized carbons (Fsp3) is 0.979. The highest BCUT2D eigenvalue weighted by atomic mass is 32.1. The first kappa shape index (κ1) is 70.9. The monoisotopic (exact) mass is 1270 g/mol. The minimum absolute atomic E-state index is 0.162. The average molecular weight is 1270 g/mol. The molecule has 1 aliphatic carbocycles. The van der Waals surface area contributed by atoms with Gasteiger partial charge >= 0.3 is 0 Å². The Morgan fingerprint density at radius 3 is 1.38 bits per heavy atom. The van der Waals surface area contributed by atoms with Crippen molar-refractivity contribution in [2.75, 3.05) is 58.6 Å². The van der Waals surface area contributed by atoms with Gasteiger partial charge in [-0.25, -0.2) is 0 Å². The summed E-state index contributed by atoms with van der Waals surface area (Å²) in [5, 5.41) is 229. The van der Waals surface area contributed by atoms with Crippen LogP contribution in [0, 0.1) is 5.92 Å². The van der Waals surface area contributed by atoms with E-state index in [0.717, 1.165) is 6.92 Å². The van der Waals surface area contributed by atoms with Gasteiger partial charge in [-0.15, -0.1) is 0 Å². The number of carbonyl (C=O) groups is 1. The lowest BCUT2D eigenvalue weighted by Gasteiger charge is -2.51. The van der Waals surface area contributed by atoms with Gasteiger partial charge in [-0.3, -0.25) is 4.79 Å². The van der Waals surface area contributed by atoms with E-state index in [9.17, 15) is 112 Å². The van der Waals surface area contributed by atoms with Gasteiger partial charge in [0.1, 0.15) is 159 Å². The Balaban J connectivity index is 1.19. The zero-order valence-corrected chi connectivity index (χ0v) is 46.4. The van der Waals surface area contributed by atoms with Gasteiger partial charge in [0.05, 0.1) is 58.5 Å². The number of hydrogen-bond acceptors (Lipinski definition) is 36. The Labute approximate surface area is 489 Å². The van der Waals surface area contributed by atoms with Crippen LogP contribution in [0.2, 0.25) is 0 Å². The minimum Gasteiger partial charge on any atom is -0.396 e. The summed E-state index contributed by atoms with van der Waals surface area (Å²) in [6, 6.07) is -1.88. The molecule has 0 spiro atoms. The second-order valence-electron chi connectivity index (χ2n) is 21.8. The number of aliphatic hydroxyl groups is 21. The number of aliphatic hydroxyl groups excluding tert-OH is 21. The molecule has 6 aliphatic heterocycles. The van der Waals surface area contributed by atoms with Crippen LogP contribution in [-0.4, -0.2) is 380 Å². The second-order valence-corrected chi connectivity index (χ2v) is 22.2. The molecule has 36 nitrogen and oxygen atoms in total. The smallest absolute Gasteiger partial charge is 0.217 e. The van der Waals surface area contributed by atoms with E-state index < -0.39 is 267 Å². The van der Waals surface area contributed by atoms with Gasteiger partial charge in [0, 0.05) is 19.4 Å². The van der Waals surface area contributed by atoms with Crippen molar-refractivity contribution in [2.45, 2.75) is 228 Å². The highest BCUT2D eigenvalue weighted by Gasteiger charge is 2.59. The van der Waals surface area contributed by atoms with Gasteiger partial charge in [-0.05, 0) is 18.6 Å². The van der Waals surface area contributed by atoms with Gasteiger partial charge in [0.2, 0.25) is 5.91 Å². The van der Waals surface area contributed by atoms with Gasteiger partial charge < -0.3 is 174 Å². The first-order valence-electron chi connectivity index (χ1n) is 27.6. The molecule has 7 rings (SSSR count). The highest BCUT2D eigenvalue weighted by Crippen LogP contribution is 2.39. The van der Waals surface area contributed by atoms with E-state index in [-0.39, 0.29) is 25.2 Å². The summed E-state index contributed by atoms with van der Waals surface area (Å²) in [6.07, 6.45) is -63.2. The van der Waals surface area contributed by atoms with Crippen molar-refractivity contribution < 1.29 is 174 Å². The van der Waals surface area contributed by atoms with Crippen LogP contribution in [0.3, 0.4) is 0 Å². The number of rotatable bonds is 24. The van der Waals surface area contributed by atoms with Crippen LogP contribution in [0.4, 0.5) is 0 Å². The standard InChI is InChI=1S/C48H83NO35S/c1-13(56)49-22-28(62)38(81-47-36(70)33(67)39(20(11-55)79-47)74-15-5-14(6-50)23(57)29(63)24(15)58)19(10-54)78-43(22)84-42-32(66)27(61)18(9-53)77-48(42)82-40-21(12-73-44-34(68)30(64)25(59)16(7-51)75-44)80-45(72-3-2-4-85)37(71)41(40)83-46-35(69)31(65)26(60)17(8-52)76-46/h14-48,50-55,57-71,85H,2-12H2,1H3,(H,49,56)/t14?,15-,16?,17?,18?,19?,20?,21?,22?,23-,24?,25+,26+,27+,28+,29-,30-,31-,32-,33+,34?,35?,36?,37?,38+,39-,40+,41+,42?,43-,44+,45-,46-,47-,48-/m0/s1. The molecule has 37 heteroatoms. The van der Waals surface area contributed by atoms with Crippen LogP contribution < -0.4 is 5.32 Å². The number of hydrogen-bond donors (Lipinski definition) is 23. The fourth-order valence-electron chi connectivity index (χ4n) is 11.1. The summed E-state index contributed by atoms with van der Waals surface area (Å²) in [7, 11) is 0. The third-order valence-electron chi connectivity index (χ3n) is 16.0. The van der Waals surface area contributed by atoms with Gasteiger partial charge in [-0.1, -0.05) is 0 Å². The first-order valence-corrected chi connectivity index (χ1v) is 28.2. The zero-order chi connectivity index (χ0) is 62.5. The van der Waals surface area contributed by atoms with Crippen molar-refractivity contribution >= 4 is 18.5 Å². The van der Waals surface area contributed by atoms with E-state index in [0.29, 0.717) is 0 Å². The van der Waals surface area contributed by atoms with Crippen molar-refractivity contribution in [2.24, 2.45) is 5.92 Å². The molecule has 6 saturated heterocycles. The number of amides is 1. The Morgan fingerprint density at radius 2 is 0.824 bits per heavy atom. The lowest BCUT2D eigenvalue weighted by Crippen LogP contribution is -2.70. The van der Waals surface area contributed by atoms with Crippen LogP contribution in [0.5, 0.6) is 0 Å². The van der Waals surface area contributed by atoms with Crippen LogP contribution >= 0.6 is 12.6 Å². The van der Waals surface area contributed by atoms with Crippen LogP contribution in [0.15, 0.2) is 0 Å². The van der Waals surface area contributed by atoms with Crippen molar-refractivity contribution in [1.82, 2.24) is 5.32 Å². The zero-order valence-electron chi connectivity index (χ0n) is 45.5. The number of ether oxygens (including phenoxy) is 13. The molecule has 85 heavy (non-hydrogen) atoms. The normalized spacial score (nSPS) is 50.0. The van der Waals surface area contributed by atoms with Crippen molar-refractivity contribution in [3.8, 4) is 0 Å². The predicted molar refractivity (Wildman–Crippen MR) is 269 cm³/mol.